The molecule has 0 fully saturated rings. The third-order valence-corrected chi connectivity index (χ3v) is 3.25. The third kappa shape index (κ3) is 4.57. The van der Waals surface area contributed by atoms with Gasteiger partial charge >= 0.3 is 29.6 Å². The second-order valence-corrected chi connectivity index (χ2v) is 5.22. The number of aliphatic hydroxyl groups is 1. The number of hydrogen-bond acceptors (Lipinski definition) is 5. The zero-order chi connectivity index (χ0) is 16.3. The summed E-state index contributed by atoms with van der Waals surface area (Å²) in [6.07, 6.45) is 0.868. The number of rotatable bonds is 6. The predicted molar refractivity (Wildman–Crippen MR) is 80.1 cm³/mol. The Kier molecular flexibility index (Phi) is 7.28. The van der Waals surface area contributed by atoms with Crippen molar-refractivity contribution in [3.05, 3.63) is 39.7 Å². The van der Waals surface area contributed by atoms with E-state index >= 15 is 0 Å². The predicted octanol–water partition coefficient (Wildman–Crippen LogP) is -2.39. The maximum absolute atomic E-state index is 12.3. The van der Waals surface area contributed by atoms with E-state index in [0.717, 1.165) is 18.1 Å². The Balaban J connectivity index is 0.00000264. The molecule has 2 N–H and O–H groups in total. The van der Waals surface area contributed by atoms with Gasteiger partial charge in [-0.1, -0.05) is 19.4 Å². The first-order chi connectivity index (χ1) is 10.4. The normalized spacial score (nSPS) is 11.8. The molecule has 2 aromatic rings. The average molecular weight is 327 g/mol. The van der Waals surface area contributed by atoms with Crippen LogP contribution in [0.2, 0.25) is 0 Å². The molecule has 0 saturated carbocycles. The molecule has 1 atom stereocenters. The van der Waals surface area contributed by atoms with Gasteiger partial charge in [-0.2, -0.15) is 0 Å². The molecule has 0 bridgehead atoms. The Morgan fingerprint density at radius 1 is 1.43 bits per heavy atom. The van der Waals surface area contributed by atoms with Gasteiger partial charge in [0.15, 0.2) is 5.43 Å². The fourth-order valence-corrected chi connectivity index (χ4v) is 2.31. The molecule has 0 spiro atoms. The molecule has 23 heavy (non-hydrogen) atoms. The Morgan fingerprint density at radius 2 is 2.13 bits per heavy atom. The topological polar surface area (TPSA) is 102 Å². The largest absolute Gasteiger partial charge is 1.00 e. The van der Waals surface area contributed by atoms with Crippen LogP contribution >= 0.6 is 0 Å². The van der Waals surface area contributed by atoms with E-state index in [-0.39, 0.29) is 47.2 Å². The molecule has 2 rings (SSSR count). The van der Waals surface area contributed by atoms with Crippen LogP contribution < -0.4 is 44.8 Å². The van der Waals surface area contributed by atoms with Gasteiger partial charge in [0.05, 0.1) is 28.7 Å². The second-order valence-electron chi connectivity index (χ2n) is 5.22. The number of carbonyl (C=O) groups is 1. The summed E-state index contributed by atoms with van der Waals surface area (Å²) in [6.45, 7) is 3.61. The van der Waals surface area contributed by atoms with Gasteiger partial charge < -0.3 is 24.7 Å². The van der Waals surface area contributed by atoms with Crippen molar-refractivity contribution in [2.45, 2.75) is 32.8 Å². The van der Waals surface area contributed by atoms with Crippen molar-refractivity contribution in [1.29, 1.82) is 0 Å². The summed E-state index contributed by atoms with van der Waals surface area (Å²) in [5.74, 6) is -1.11. The number of hydrogen-bond donors (Lipinski definition) is 2. The number of aliphatic hydroxyl groups excluding tert-OH is 1. The number of pyridine rings is 1. The molecule has 118 valence electrons. The van der Waals surface area contributed by atoms with Gasteiger partial charge in [-0.3, -0.25) is 4.79 Å². The Hall–Kier alpha value is -1.34. The zero-order valence-corrected chi connectivity index (χ0v) is 15.5. The van der Waals surface area contributed by atoms with Gasteiger partial charge in [0, 0.05) is 6.07 Å². The molecule has 0 aliphatic carbocycles. The molecular weight excluding hydrogens is 309 g/mol. The van der Waals surface area contributed by atoms with Gasteiger partial charge in [-0.05, 0) is 25.0 Å². The quantitative estimate of drug-likeness (QED) is 0.576. The van der Waals surface area contributed by atoms with Crippen LogP contribution in [0.25, 0.3) is 10.9 Å². The summed E-state index contributed by atoms with van der Waals surface area (Å²) in [7, 11) is 0. The number of carboxylic acid groups (broad SMARTS) is 1. The summed E-state index contributed by atoms with van der Waals surface area (Å²) in [4.78, 5) is 26.0. The van der Waals surface area contributed by atoms with Crippen LogP contribution in [-0.2, 0) is 6.42 Å². The Bertz CT molecular complexity index is 754. The number of fused-ring (bicyclic) bond motifs is 1. The van der Waals surface area contributed by atoms with Gasteiger partial charge in [-0.25, -0.2) is 0 Å². The van der Waals surface area contributed by atoms with E-state index in [9.17, 15) is 19.8 Å². The molecule has 0 saturated heterocycles. The van der Waals surface area contributed by atoms with E-state index in [4.69, 9.17) is 4.74 Å². The summed E-state index contributed by atoms with van der Waals surface area (Å²) < 4.78 is 5.46. The number of carboxylic acids is 1. The zero-order valence-electron chi connectivity index (χ0n) is 13.5. The molecule has 7 heteroatoms. The number of aromatic nitrogens is 1. The monoisotopic (exact) mass is 327 g/mol. The van der Waals surface area contributed by atoms with Crippen LogP contribution in [0.5, 0.6) is 5.75 Å². The minimum absolute atomic E-state index is 0. The van der Waals surface area contributed by atoms with Crippen molar-refractivity contribution >= 4 is 16.9 Å². The maximum atomic E-state index is 12.3. The number of aromatic amines is 1. The number of aromatic carboxylic acids is 1. The van der Waals surface area contributed by atoms with Crippen molar-refractivity contribution < 1.29 is 49.3 Å². The van der Waals surface area contributed by atoms with Gasteiger partial charge in [0.25, 0.3) is 0 Å². The molecule has 1 unspecified atom stereocenters. The summed E-state index contributed by atoms with van der Waals surface area (Å²) in [5, 5.41) is 20.6. The van der Waals surface area contributed by atoms with Crippen LogP contribution in [0.4, 0.5) is 0 Å². The number of H-pyrrole nitrogens is 1. The van der Waals surface area contributed by atoms with E-state index in [1.165, 1.54) is 0 Å². The van der Waals surface area contributed by atoms with Crippen molar-refractivity contribution in [3.8, 4) is 5.75 Å². The molecule has 1 aromatic carbocycles. The molecule has 0 amide bonds. The Morgan fingerprint density at radius 3 is 2.70 bits per heavy atom. The van der Waals surface area contributed by atoms with Gasteiger partial charge in [0.2, 0.25) is 0 Å². The number of benzene rings is 1. The molecule has 1 aromatic heterocycles. The van der Waals surface area contributed by atoms with E-state index < -0.39 is 17.5 Å². The van der Waals surface area contributed by atoms with Crippen LogP contribution in [0.1, 0.15) is 36.3 Å². The average Bonchev–Trinajstić information content (AvgIpc) is 2.46. The van der Waals surface area contributed by atoms with Crippen molar-refractivity contribution in [3.63, 3.8) is 0 Å². The minimum Gasteiger partial charge on any atom is -0.543 e. The Labute approximate surface area is 155 Å². The first-order valence-electron chi connectivity index (χ1n) is 7.15. The standard InChI is InChI=1S/C16H19NO5.Na/c1-3-4-10-5-6-13(22-8-9(2)18)14-12(19)7-11(16(20)21)17-15(10)14;/h5-7,9,18H,3-4,8H2,1-2H3,(H,17,19)(H,20,21);/q;+1/p-1. The molecule has 0 aliphatic rings. The van der Waals surface area contributed by atoms with Crippen molar-refractivity contribution in [2.75, 3.05) is 6.61 Å². The molecular formula is C16H18NNaO5. The van der Waals surface area contributed by atoms with Crippen LogP contribution in [-0.4, -0.2) is 28.8 Å². The van der Waals surface area contributed by atoms with Gasteiger partial charge in [0.1, 0.15) is 12.4 Å². The SMILES string of the molecule is CCCc1ccc(OCC(C)O)c2c(=O)cc(C(=O)[O-])[nH]c12.[Na+]. The fraction of sp³-hybridized carbons (Fsp3) is 0.375. The summed E-state index contributed by atoms with van der Waals surface area (Å²) in [5.41, 5.74) is 0.563. The maximum Gasteiger partial charge on any atom is 1.00 e. The summed E-state index contributed by atoms with van der Waals surface area (Å²) in [6, 6.07) is 4.45. The first kappa shape index (κ1) is 19.7. The smallest absolute Gasteiger partial charge is 0.543 e. The number of carbonyl (C=O) groups excluding carboxylic acids is 1. The van der Waals surface area contributed by atoms with Crippen molar-refractivity contribution in [1.82, 2.24) is 4.98 Å². The molecule has 0 radical (unpaired) electrons. The van der Waals surface area contributed by atoms with Crippen molar-refractivity contribution in [2.24, 2.45) is 0 Å². The molecule has 0 aliphatic heterocycles. The molecule has 1 heterocycles. The first-order valence-corrected chi connectivity index (χ1v) is 7.15. The second kappa shape index (κ2) is 8.49. The van der Waals surface area contributed by atoms with E-state index in [1.807, 2.05) is 6.92 Å². The van der Waals surface area contributed by atoms with E-state index in [0.29, 0.717) is 17.7 Å². The summed E-state index contributed by atoms with van der Waals surface area (Å²) >= 11 is 0. The van der Waals surface area contributed by atoms with Crippen LogP contribution in [0.3, 0.4) is 0 Å². The fourth-order valence-electron chi connectivity index (χ4n) is 2.31. The minimum atomic E-state index is -1.43. The number of ether oxygens (including phenoxy) is 1. The molecule has 6 nitrogen and oxygen atoms in total. The van der Waals surface area contributed by atoms with Crippen LogP contribution in [0.15, 0.2) is 23.0 Å². The van der Waals surface area contributed by atoms with Crippen LogP contribution in [0, 0.1) is 0 Å². The van der Waals surface area contributed by atoms with E-state index in [1.54, 1.807) is 19.1 Å². The number of aryl methyl sites for hydroxylation is 1. The van der Waals surface area contributed by atoms with Gasteiger partial charge in [-0.15, -0.1) is 0 Å². The third-order valence-electron chi connectivity index (χ3n) is 3.25. The van der Waals surface area contributed by atoms with E-state index in [2.05, 4.69) is 4.98 Å². The number of nitrogens with one attached hydrogen (secondary N) is 1.